The molecule has 0 amide bonds. The predicted molar refractivity (Wildman–Crippen MR) is 63.9 cm³/mol. The van der Waals surface area contributed by atoms with Crippen LogP contribution in [0.4, 0.5) is 0 Å². The summed E-state index contributed by atoms with van der Waals surface area (Å²) in [5.41, 5.74) is 0.724. The molecular weight excluding hydrogens is 216 g/mol. The second-order valence-corrected chi connectivity index (χ2v) is 3.93. The van der Waals surface area contributed by atoms with Crippen LogP contribution in [0.25, 0.3) is 16.5 Å². The summed E-state index contributed by atoms with van der Waals surface area (Å²) in [5.74, 6) is -1.38. The maximum absolute atomic E-state index is 11.7. The minimum Gasteiger partial charge on any atom is -0.507 e. The van der Waals surface area contributed by atoms with Gasteiger partial charge >= 0.3 is 0 Å². The van der Waals surface area contributed by atoms with Crippen LogP contribution < -0.4 is 0 Å². The maximum atomic E-state index is 11.7. The Bertz CT molecular complexity index is 696. The van der Waals surface area contributed by atoms with Gasteiger partial charge in [0.25, 0.3) is 0 Å². The lowest BCUT2D eigenvalue weighted by molar-refractivity contribution is -0.111. The molecule has 17 heavy (non-hydrogen) atoms. The zero-order chi connectivity index (χ0) is 12.0. The predicted octanol–water partition coefficient (Wildman–Crippen LogP) is 2.50. The molecule has 0 atom stereocenters. The SMILES string of the molecule is O=C1C=C(O)c2c(ccc3ccccc23)C1=O. The van der Waals surface area contributed by atoms with Crippen LogP contribution in [0.15, 0.2) is 42.5 Å². The molecule has 0 aliphatic heterocycles. The summed E-state index contributed by atoms with van der Waals surface area (Å²) in [5, 5.41) is 11.5. The highest BCUT2D eigenvalue weighted by Crippen LogP contribution is 2.30. The van der Waals surface area contributed by atoms with Crippen LogP contribution in [0.3, 0.4) is 0 Å². The molecule has 3 rings (SSSR count). The maximum Gasteiger partial charge on any atom is 0.233 e. The minimum absolute atomic E-state index is 0.138. The van der Waals surface area contributed by atoms with Crippen LogP contribution in [0.5, 0.6) is 0 Å². The molecule has 0 saturated carbocycles. The molecule has 0 heterocycles. The third-order valence-electron chi connectivity index (χ3n) is 2.92. The van der Waals surface area contributed by atoms with E-state index in [1.165, 1.54) is 0 Å². The molecular formula is C14H8O3. The number of aliphatic hydroxyl groups is 1. The van der Waals surface area contributed by atoms with Crippen molar-refractivity contribution in [1.82, 2.24) is 0 Å². The standard InChI is InChI=1S/C14H8O3/c15-11-7-12(16)14(17)10-6-5-8-3-1-2-4-9(8)13(10)11/h1-7,15H. The molecule has 1 N–H and O–H groups in total. The van der Waals surface area contributed by atoms with Gasteiger partial charge in [0.2, 0.25) is 11.6 Å². The van der Waals surface area contributed by atoms with Gasteiger partial charge < -0.3 is 5.11 Å². The highest BCUT2D eigenvalue weighted by atomic mass is 16.3. The summed E-state index contributed by atoms with van der Waals surface area (Å²) in [7, 11) is 0. The monoisotopic (exact) mass is 224 g/mol. The van der Waals surface area contributed by atoms with E-state index in [1.54, 1.807) is 12.1 Å². The number of rotatable bonds is 0. The van der Waals surface area contributed by atoms with Crippen LogP contribution in [-0.2, 0) is 4.79 Å². The van der Waals surface area contributed by atoms with Crippen LogP contribution in [-0.4, -0.2) is 16.7 Å². The lowest BCUT2D eigenvalue weighted by Gasteiger charge is -2.14. The van der Waals surface area contributed by atoms with E-state index in [2.05, 4.69) is 0 Å². The topological polar surface area (TPSA) is 54.4 Å². The van der Waals surface area contributed by atoms with Gasteiger partial charge in [0, 0.05) is 17.2 Å². The average Bonchev–Trinajstić information content (AvgIpc) is 2.35. The van der Waals surface area contributed by atoms with Crippen molar-refractivity contribution >= 4 is 28.1 Å². The van der Waals surface area contributed by atoms with Crippen molar-refractivity contribution in [2.24, 2.45) is 0 Å². The number of hydrogen-bond donors (Lipinski definition) is 1. The fourth-order valence-electron chi connectivity index (χ4n) is 2.13. The Balaban J connectivity index is 2.47. The van der Waals surface area contributed by atoms with Crippen LogP contribution in [0.1, 0.15) is 15.9 Å². The van der Waals surface area contributed by atoms with Gasteiger partial charge in [0.05, 0.1) is 0 Å². The van der Waals surface area contributed by atoms with Gasteiger partial charge in [-0.25, -0.2) is 0 Å². The molecule has 1 aliphatic carbocycles. The minimum atomic E-state index is -0.676. The lowest BCUT2D eigenvalue weighted by atomic mass is 9.89. The molecule has 82 valence electrons. The molecule has 0 aromatic heterocycles. The quantitative estimate of drug-likeness (QED) is 0.699. The number of aliphatic hydroxyl groups excluding tert-OH is 1. The van der Waals surface area contributed by atoms with Gasteiger partial charge in [-0.2, -0.15) is 0 Å². The molecule has 0 bridgehead atoms. The molecule has 0 spiro atoms. The zero-order valence-corrected chi connectivity index (χ0v) is 8.81. The molecule has 3 nitrogen and oxygen atoms in total. The Labute approximate surface area is 97.0 Å². The largest absolute Gasteiger partial charge is 0.507 e. The molecule has 0 saturated heterocycles. The summed E-state index contributed by atoms with van der Waals surface area (Å²) < 4.78 is 0. The van der Waals surface area contributed by atoms with E-state index >= 15 is 0 Å². The number of ketones is 2. The van der Waals surface area contributed by atoms with E-state index in [0.29, 0.717) is 5.56 Å². The van der Waals surface area contributed by atoms with Gasteiger partial charge in [-0.1, -0.05) is 30.3 Å². The highest BCUT2D eigenvalue weighted by molar-refractivity contribution is 6.50. The van der Waals surface area contributed by atoms with Crippen molar-refractivity contribution in [1.29, 1.82) is 0 Å². The van der Waals surface area contributed by atoms with E-state index in [0.717, 1.165) is 16.8 Å². The summed E-state index contributed by atoms with van der Waals surface area (Å²) in [6, 6.07) is 10.8. The first kappa shape index (κ1) is 9.78. The van der Waals surface area contributed by atoms with Gasteiger partial charge in [0.15, 0.2) is 0 Å². The third kappa shape index (κ3) is 1.29. The van der Waals surface area contributed by atoms with E-state index in [4.69, 9.17) is 0 Å². The molecule has 3 heteroatoms. The first-order valence-corrected chi connectivity index (χ1v) is 5.20. The third-order valence-corrected chi connectivity index (χ3v) is 2.92. The van der Waals surface area contributed by atoms with Crippen molar-refractivity contribution in [3.05, 3.63) is 53.6 Å². The van der Waals surface area contributed by atoms with Crippen LogP contribution in [0, 0.1) is 0 Å². The first-order chi connectivity index (χ1) is 8.18. The Morgan fingerprint density at radius 1 is 0.941 bits per heavy atom. The van der Waals surface area contributed by atoms with E-state index < -0.39 is 11.6 Å². The second-order valence-electron chi connectivity index (χ2n) is 3.93. The number of carbonyl (C=O) groups excluding carboxylic acids is 2. The summed E-state index contributed by atoms with van der Waals surface area (Å²) in [6.07, 6.45) is 0.983. The van der Waals surface area contributed by atoms with Crippen LogP contribution in [0.2, 0.25) is 0 Å². The molecule has 2 aromatic rings. The van der Waals surface area contributed by atoms with E-state index in [1.807, 2.05) is 24.3 Å². The summed E-state index contributed by atoms with van der Waals surface area (Å²) >= 11 is 0. The van der Waals surface area contributed by atoms with Gasteiger partial charge in [-0.15, -0.1) is 0 Å². The molecule has 0 unspecified atom stereocenters. The summed E-state index contributed by atoms with van der Waals surface area (Å²) in [4.78, 5) is 23.0. The fraction of sp³-hybridized carbons (Fsp3) is 0. The molecule has 0 radical (unpaired) electrons. The number of fused-ring (bicyclic) bond motifs is 3. The van der Waals surface area contributed by atoms with Crippen molar-refractivity contribution in [3.8, 4) is 0 Å². The number of hydrogen-bond acceptors (Lipinski definition) is 3. The second kappa shape index (κ2) is 3.28. The molecule has 1 aliphatic rings. The van der Waals surface area contributed by atoms with Crippen molar-refractivity contribution in [3.63, 3.8) is 0 Å². The Morgan fingerprint density at radius 3 is 2.53 bits per heavy atom. The zero-order valence-electron chi connectivity index (χ0n) is 8.81. The normalized spacial score (nSPS) is 14.7. The fourth-order valence-corrected chi connectivity index (χ4v) is 2.13. The smallest absolute Gasteiger partial charge is 0.233 e. The number of allylic oxidation sites excluding steroid dienone is 1. The van der Waals surface area contributed by atoms with Crippen molar-refractivity contribution in [2.45, 2.75) is 0 Å². The van der Waals surface area contributed by atoms with Gasteiger partial charge in [-0.3, -0.25) is 9.59 Å². The van der Waals surface area contributed by atoms with Crippen molar-refractivity contribution < 1.29 is 14.7 Å². The van der Waals surface area contributed by atoms with Gasteiger partial charge in [0.1, 0.15) is 5.76 Å². The number of carbonyl (C=O) groups is 2. The molecule has 2 aromatic carbocycles. The highest BCUT2D eigenvalue weighted by Gasteiger charge is 2.26. The van der Waals surface area contributed by atoms with Crippen molar-refractivity contribution in [2.75, 3.05) is 0 Å². The Kier molecular flexibility index (Phi) is 1.89. The molecule has 0 fully saturated rings. The number of benzene rings is 2. The van der Waals surface area contributed by atoms with Gasteiger partial charge in [-0.05, 0) is 16.8 Å². The average molecular weight is 224 g/mol. The Morgan fingerprint density at radius 2 is 1.71 bits per heavy atom. The van der Waals surface area contributed by atoms with E-state index in [9.17, 15) is 14.7 Å². The summed E-state index contributed by atoms with van der Waals surface area (Å²) in [6.45, 7) is 0. The van der Waals surface area contributed by atoms with Crippen LogP contribution >= 0.6 is 0 Å². The van der Waals surface area contributed by atoms with E-state index in [-0.39, 0.29) is 11.3 Å². The first-order valence-electron chi connectivity index (χ1n) is 5.20. The Hall–Kier alpha value is -2.42. The number of Topliss-reactive ketones (excluding diaryl/α,β-unsaturated/α-hetero) is 1. The lowest BCUT2D eigenvalue weighted by Crippen LogP contribution is -2.18.